The average molecular weight is 303 g/mol. The summed E-state index contributed by atoms with van der Waals surface area (Å²) in [5.74, 6) is -0.422. The number of thioether (sulfide) groups is 1. The summed E-state index contributed by atoms with van der Waals surface area (Å²) < 4.78 is 18.6. The minimum absolute atomic E-state index is 0.101. The fraction of sp³-hybridized carbons (Fsp3) is 0.462. The Morgan fingerprint density at radius 1 is 1.63 bits per heavy atom. The molecule has 0 unspecified atom stereocenters. The second-order valence-corrected chi connectivity index (χ2v) is 5.44. The minimum atomic E-state index is -0.422. The van der Waals surface area contributed by atoms with Crippen LogP contribution in [0.3, 0.4) is 0 Å². The molecular formula is C13H16ClFN2OS. The van der Waals surface area contributed by atoms with Crippen LogP contribution in [0.4, 0.5) is 10.1 Å². The van der Waals surface area contributed by atoms with Gasteiger partial charge in [0.25, 0.3) is 0 Å². The average Bonchev–Trinajstić information content (AvgIpc) is 2.92. The number of hydrogen-bond donors (Lipinski definition) is 1. The van der Waals surface area contributed by atoms with Gasteiger partial charge in [0, 0.05) is 12.3 Å². The first-order valence-electron chi connectivity index (χ1n) is 6.11. The maximum absolute atomic E-state index is 13.1. The maximum atomic E-state index is 13.1. The van der Waals surface area contributed by atoms with Crippen LogP contribution in [-0.2, 0) is 4.74 Å². The first kappa shape index (κ1) is 14.6. The lowest BCUT2D eigenvalue weighted by Crippen LogP contribution is -2.14. The summed E-state index contributed by atoms with van der Waals surface area (Å²) in [6.07, 6.45) is 4.33. The van der Waals surface area contributed by atoms with Crippen LogP contribution in [0.5, 0.6) is 0 Å². The molecule has 3 nitrogen and oxygen atoms in total. The van der Waals surface area contributed by atoms with Gasteiger partial charge in [0.15, 0.2) is 5.17 Å². The van der Waals surface area contributed by atoms with E-state index in [1.165, 1.54) is 17.8 Å². The Hall–Kier alpha value is -0.780. The number of anilines is 1. The van der Waals surface area contributed by atoms with Gasteiger partial charge in [-0.15, -0.1) is 0 Å². The predicted octanol–water partition coefficient (Wildman–Crippen LogP) is 3.79. The summed E-state index contributed by atoms with van der Waals surface area (Å²) in [5.41, 5.74) is 0.729. The van der Waals surface area contributed by atoms with Gasteiger partial charge in [-0.3, -0.25) is 4.99 Å². The number of benzene rings is 1. The molecule has 104 valence electrons. The highest BCUT2D eigenvalue weighted by Crippen LogP contribution is 2.20. The molecule has 1 aromatic rings. The van der Waals surface area contributed by atoms with Crippen LogP contribution in [0.15, 0.2) is 23.2 Å². The van der Waals surface area contributed by atoms with Crippen LogP contribution < -0.4 is 5.32 Å². The topological polar surface area (TPSA) is 33.6 Å². The maximum Gasteiger partial charge on any atom is 0.160 e. The van der Waals surface area contributed by atoms with Gasteiger partial charge in [-0.05, 0) is 37.3 Å². The van der Waals surface area contributed by atoms with Crippen molar-refractivity contribution in [2.75, 3.05) is 24.7 Å². The van der Waals surface area contributed by atoms with E-state index in [0.717, 1.165) is 30.3 Å². The normalized spacial score (nSPS) is 19.7. The Labute approximate surface area is 121 Å². The van der Waals surface area contributed by atoms with Crippen molar-refractivity contribution in [2.45, 2.75) is 18.9 Å². The van der Waals surface area contributed by atoms with Crippen molar-refractivity contribution in [3.8, 4) is 0 Å². The summed E-state index contributed by atoms with van der Waals surface area (Å²) in [6.45, 7) is 1.48. The second-order valence-electron chi connectivity index (χ2n) is 4.24. The van der Waals surface area contributed by atoms with E-state index in [2.05, 4.69) is 10.3 Å². The largest absolute Gasteiger partial charge is 0.376 e. The molecular weight excluding hydrogens is 287 g/mol. The van der Waals surface area contributed by atoms with Gasteiger partial charge in [-0.2, -0.15) is 0 Å². The van der Waals surface area contributed by atoms with Gasteiger partial charge in [-0.25, -0.2) is 4.39 Å². The molecule has 19 heavy (non-hydrogen) atoms. The molecule has 0 aliphatic carbocycles. The monoisotopic (exact) mass is 302 g/mol. The molecule has 0 saturated carbocycles. The van der Waals surface area contributed by atoms with Crippen molar-refractivity contribution >= 4 is 34.2 Å². The molecule has 0 amide bonds. The number of rotatable bonds is 3. The Balaban J connectivity index is 1.97. The molecule has 0 radical (unpaired) electrons. The van der Waals surface area contributed by atoms with Crippen LogP contribution >= 0.6 is 23.4 Å². The molecule has 1 aliphatic rings. The molecule has 1 atom stereocenters. The van der Waals surface area contributed by atoms with Crippen LogP contribution in [0.1, 0.15) is 12.8 Å². The Morgan fingerprint density at radius 2 is 2.47 bits per heavy atom. The molecule has 1 fully saturated rings. The molecule has 1 saturated heterocycles. The van der Waals surface area contributed by atoms with Crippen molar-refractivity contribution in [2.24, 2.45) is 4.99 Å². The lowest BCUT2D eigenvalue weighted by atomic mass is 10.2. The number of nitrogens with one attached hydrogen (secondary N) is 1. The van der Waals surface area contributed by atoms with Gasteiger partial charge in [-0.1, -0.05) is 23.4 Å². The number of hydrogen-bond acceptors (Lipinski definition) is 3. The van der Waals surface area contributed by atoms with Crippen LogP contribution in [0.25, 0.3) is 0 Å². The lowest BCUT2D eigenvalue weighted by Gasteiger charge is -2.10. The predicted molar refractivity (Wildman–Crippen MR) is 79.8 cm³/mol. The highest BCUT2D eigenvalue weighted by atomic mass is 35.5. The van der Waals surface area contributed by atoms with E-state index in [1.54, 1.807) is 12.1 Å². The molecule has 1 aromatic carbocycles. The van der Waals surface area contributed by atoms with Gasteiger partial charge in [0.1, 0.15) is 5.82 Å². The van der Waals surface area contributed by atoms with Crippen LogP contribution in [0, 0.1) is 5.82 Å². The second kappa shape index (κ2) is 7.12. The standard InChI is InChI=1S/C13H16ClFN2OS/c1-19-13(16-8-10-3-2-6-18-10)17-9-4-5-12(15)11(14)7-9/h4-5,7,10H,2-3,6,8H2,1H3,(H,16,17)/t10-/m0/s1. The van der Waals surface area contributed by atoms with Crippen molar-refractivity contribution < 1.29 is 9.13 Å². The van der Waals surface area contributed by atoms with E-state index in [4.69, 9.17) is 16.3 Å². The molecule has 1 heterocycles. The SMILES string of the molecule is CSC(=NC[C@@H]1CCCO1)Nc1ccc(F)c(Cl)c1. The summed E-state index contributed by atoms with van der Waals surface area (Å²) in [5, 5.41) is 4.00. The van der Waals surface area contributed by atoms with Crippen LogP contribution in [0.2, 0.25) is 5.02 Å². The van der Waals surface area contributed by atoms with E-state index in [0.29, 0.717) is 6.54 Å². The lowest BCUT2D eigenvalue weighted by molar-refractivity contribution is 0.118. The summed E-state index contributed by atoms with van der Waals surface area (Å²) in [7, 11) is 0. The smallest absolute Gasteiger partial charge is 0.160 e. The van der Waals surface area contributed by atoms with E-state index >= 15 is 0 Å². The van der Waals surface area contributed by atoms with Crippen molar-refractivity contribution in [3.63, 3.8) is 0 Å². The zero-order valence-corrected chi connectivity index (χ0v) is 12.2. The first-order chi connectivity index (χ1) is 9.19. The summed E-state index contributed by atoms with van der Waals surface area (Å²) in [4.78, 5) is 4.48. The minimum Gasteiger partial charge on any atom is -0.376 e. The molecule has 1 aliphatic heterocycles. The third kappa shape index (κ3) is 4.37. The van der Waals surface area contributed by atoms with E-state index in [9.17, 15) is 4.39 Å². The number of ether oxygens (including phenoxy) is 1. The molecule has 6 heteroatoms. The van der Waals surface area contributed by atoms with Gasteiger partial charge >= 0.3 is 0 Å². The summed E-state index contributed by atoms with van der Waals surface area (Å²) >= 11 is 7.24. The molecule has 0 aromatic heterocycles. The Bertz CT molecular complexity index is 464. The van der Waals surface area contributed by atoms with Gasteiger partial charge in [0.05, 0.1) is 17.7 Å². The number of aliphatic imine (C=N–C) groups is 1. The third-order valence-electron chi connectivity index (χ3n) is 2.83. The number of amidine groups is 1. The third-order valence-corrected chi connectivity index (χ3v) is 3.73. The quantitative estimate of drug-likeness (QED) is 0.681. The van der Waals surface area contributed by atoms with Crippen molar-refractivity contribution in [1.29, 1.82) is 0 Å². The Morgan fingerprint density at radius 3 is 3.11 bits per heavy atom. The molecule has 0 bridgehead atoms. The van der Waals surface area contributed by atoms with E-state index in [1.807, 2.05) is 6.26 Å². The first-order valence-corrected chi connectivity index (χ1v) is 7.71. The number of halogens is 2. The fourth-order valence-corrected chi connectivity index (χ4v) is 2.43. The molecule has 0 spiro atoms. The highest BCUT2D eigenvalue weighted by Gasteiger charge is 2.14. The zero-order chi connectivity index (χ0) is 13.7. The van der Waals surface area contributed by atoms with Gasteiger partial charge < -0.3 is 10.1 Å². The van der Waals surface area contributed by atoms with Crippen LogP contribution in [-0.4, -0.2) is 30.7 Å². The zero-order valence-electron chi connectivity index (χ0n) is 10.7. The van der Waals surface area contributed by atoms with Crippen molar-refractivity contribution in [3.05, 3.63) is 29.0 Å². The van der Waals surface area contributed by atoms with E-state index in [-0.39, 0.29) is 11.1 Å². The molecule has 1 N–H and O–H groups in total. The highest BCUT2D eigenvalue weighted by molar-refractivity contribution is 8.13. The number of nitrogens with zero attached hydrogens (tertiary/aromatic N) is 1. The van der Waals surface area contributed by atoms with Crippen molar-refractivity contribution in [1.82, 2.24) is 0 Å². The van der Waals surface area contributed by atoms with E-state index < -0.39 is 5.82 Å². The molecule has 2 rings (SSSR count). The van der Waals surface area contributed by atoms with Gasteiger partial charge in [0.2, 0.25) is 0 Å². The fourth-order valence-electron chi connectivity index (χ4n) is 1.83. The Kier molecular flexibility index (Phi) is 5.48. The summed E-state index contributed by atoms with van der Waals surface area (Å²) in [6, 6.07) is 4.52.